The Balaban J connectivity index is 2.10. The first-order chi connectivity index (χ1) is 10.5. The van der Waals surface area contributed by atoms with Crippen LogP contribution in [0, 0.1) is 0 Å². The molecule has 120 valence electrons. The zero-order chi connectivity index (χ0) is 16.1. The lowest BCUT2D eigenvalue weighted by Gasteiger charge is -2.13. The highest BCUT2D eigenvalue weighted by molar-refractivity contribution is 6.04. The Morgan fingerprint density at radius 1 is 1.41 bits per heavy atom. The molecule has 0 heterocycles. The smallest absolute Gasteiger partial charge is 0.253 e. The van der Waals surface area contributed by atoms with E-state index in [-0.39, 0.29) is 23.9 Å². The molecule has 0 spiro atoms. The summed E-state index contributed by atoms with van der Waals surface area (Å²) >= 11 is 0. The number of benzene rings is 1. The number of nitrogens with one attached hydrogen (secondary N) is 2. The van der Waals surface area contributed by atoms with E-state index in [1.165, 1.54) is 0 Å². The highest BCUT2D eigenvalue weighted by Gasteiger charge is 2.25. The summed E-state index contributed by atoms with van der Waals surface area (Å²) in [6, 6.07) is 5.26. The maximum Gasteiger partial charge on any atom is 0.253 e. The number of rotatable bonds is 7. The van der Waals surface area contributed by atoms with Crippen molar-refractivity contribution in [3.8, 4) is 5.75 Å². The van der Waals surface area contributed by atoms with Gasteiger partial charge in [0.05, 0.1) is 18.4 Å². The van der Waals surface area contributed by atoms with Crippen LogP contribution < -0.4 is 21.1 Å². The SMILES string of the molecule is COc1ccc(NC(=O)CCC(C)N)c(C(=O)NC2CC2)c1. The number of anilines is 1. The number of amides is 2. The van der Waals surface area contributed by atoms with Crippen LogP contribution in [0.2, 0.25) is 0 Å². The lowest BCUT2D eigenvalue weighted by atomic mass is 10.1. The van der Waals surface area contributed by atoms with Crippen LogP contribution in [0.5, 0.6) is 5.75 Å². The minimum absolute atomic E-state index is 0.0285. The van der Waals surface area contributed by atoms with Crippen molar-refractivity contribution in [2.45, 2.75) is 44.7 Å². The highest BCUT2D eigenvalue weighted by Crippen LogP contribution is 2.25. The van der Waals surface area contributed by atoms with Crippen molar-refractivity contribution in [1.82, 2.24) is 5.32 Å². The van der Waals surface area contributed by atoms with Crippen LogP contribution in [0.1, 0.15) is 43.0 Å². The third-order valence-corrected chi connectivity index (χ3v) is 3.48. The molecule has 0 aliphatic heterocycles. The first kappa shape index (κ1) is 16.3. The van der Waals surface area contributed by atoms with E-state index < -0.39 is 0 Å². The molecule has 1 fully saturated rings. The van der Waals surface area contributed by atoms with Crippen LogP contribution in [-0.2, 0) is 4.79 Å². The van der Waals surface area contributed by atoms with E-state index in [9.17, 15) is 9.59 Å². The van der Waals surface area contributed by atoms with E-state index in [2.05, 4.69) is 10.6 Å². The van der Waals surface area contributed by atoms with E-state index in [1.54, 1.807) is 25.3 Å². The van der Waals surface area contributed by atoms with Crippen LogP contribution in [0.3, 0.4) is 0 Å². The molecule has 1 aliphatic carbocycles. The summed E-state index contributed by atoms with van der Waals surface area (Å²) in [6.45, 7) is 1.86. The molecule has 2 amide bonds. The van der Waals surface area contributed by atoms with Crippen molar-refractivity contribution in [1.29, 1.82) is 0 Å². The average molecular weight is 305 g/mol. The lowest BCUT2D eigenvalue weighted by molar-refractivity contribution is -0.116. The Morgan fingerprint density at radius 3 is 2.73 bits per heavy atom. The van der Waals surface area contributed by atoms with Crippen molar-refractivity contribution in [2.24, 2.45) is 5.73 Å². The molecule has 22 heavy (non-hydrogen) atoms. The summed E-state index contributed by atoms with van der Waals surface area (Å²) < 4.78 is 5.16. The summed E-state index contributed by atoms with van der Waals surface area (Å²) in [5.74, 6) is 0.237. The van der Waals surface area contributed by atoms with Gasteiger partial charge in [-0.2, -0.15) is 0 Å². The second kappa shape index (κ2) is 7.26. The summed E-state index contributed by atoms with van der Waals surface area (Å²) in [6.07, 6.45) is 2.94. The predicted octanol–water partition coefficient (Wildman–Crippen LogP) is 1.65. The molecule has 6 heteroatoms. The normalized spacial score (nSPS) is 15.0. The molecule has 1 saturated carbocycles. The van der Waals surface area contributed by atoms with E-state index >= 15 is 0 Å². The third-order valence-electron chi connectivity index (χ3n) is 3.48. The van der Waals surface area contributed by atoms with Gasteiger partial charge in [0.15, 0.2) is 0 Å². The Morgan fingerprint density at radius 2 is 2.14 bits per heavy atom. The van der Waals surface area contributed by atoms with Crippen molar-refractivity contribution in [3.63, 3.8) is 0 Å². The van der Waals surface area contributed by atoms with Crippen LogP contribution in [-0.4, -0.2) is 31.0 Å². The second-order valence-electron chi connectivity index (χ2n) is 5.72. The number of ether oxygens (including phenoxy) is 1. The minimum atomic E-state index is -0.191. The fourth-order valence-corrected chi connectivity index (χ4v) is 2.01. The number of hydrogen-bond acceptors (Lipinski definition) is 4. The molecule has 1 atom stereocenters. The first-order valence-electron chi connectivity index (χ1n) is 7.54. The van der Waals surface area contributed by atoms with Crippen LogP contribution in [0.4, 0.5) is 5.69 Å². The van der Waals surface area contributed by atoms with E-state index in [1.807, 2.05) is 6.92 Å². The van der Waals surface area contributed by atoms with Crippen molar-refractivity contribution >= 4 is 17.5 Å². The van der Waals surface area contributed by atoms with Crippen molar-refractivity contribution in [3.05, 3.63) is 23.8 Å². The average Bonchev–Trinajstić information content (AvgIpc) is 3.29. The van der Waals surface area contributed by atoms with Gasteiger partial charge in [-0.1, -0.05) is 0 Å². The molecule has 1 aromatic carbocycles. The van der Waals surface area contributed by atoms with Gasteiger partial charge in [0.2, 0.25) is 5.91 Å². The Hall–Kier alpha value is -2.08. The number of carbonyl (C=O) groups excluding carboxylic acids is 2. The number of nitrogens with two attached hydrogens (primary N) is 1. The monoisotopic (exact) mass is 305 g/mol. The fraction of sp³-hybridized carbons (Fsp3) is 0.500. The number of hydrogen-bond donors (Lipinski definition) is 3. The first-order valence-corrected chi connectivity index (χ1v) is 7.54. The summed E-state index contributed by atoms with van der Waals surface area (Å²) in [7, 11) is 1.54. The molecular weight excluding hydrogens is 282 g/mol. The van der Waals surface area contributed by atoms with Crippen molar-refractivity contribution < 1.29 is 14.3 Å². The van der Waals surface area contributed by atoms with Gasteiger partial charge < -0.3 is 21.1 Å². The van der Waals surface area contributed by atoms with Gasteiger partial charge in [0, 0.05) is 18.5 Å². The van der Waals surface area contributed by atoms with Gasteiger partial charge in [-0.15, -0.1) is 0 Å². The summed E-state index contributed by atoms with van der Waals surface area (Å²) in [5, 5.41) is 5.70. The fourth-order valence-electron chi connectivity index (χ4n) is 2.01. The van der Waals surface area contributed by atoms with Gasteiger partial charge in [-0.05, 0) is 44.4 Å². The third kappa shape index (κ3) is 4.73. The quantitative estimate of drug-likeness (QED) is 0.714. The maximum atomic E-state index is 12.3. The Labute approximate surface area is 130 Å². The molecular formula is C16H23N3O3. The molecule has 0 radical (unpaired) electrons. The minimum Gasteiger partial charge on any atom is -0.497 e. The topological polar surface area (TPSA) is 93.4 Å². The molecule has 4 N–H and O–H groups in total. The van der Waals surface area contributed by atoms with E-state index in [4.69, 9.17) is 10.5 Å². The van der Waals surface area contributed by atoms with Crippen LogP contribution >= 0.6 is 0 Å². The Bertz CT molecular complexity index is 554. The molecule has 1 unspecified atom stereocenters. The van der Waals surface area contributed by atoms with Gasteiger partial charge in [0.25, 0.3) is 5.91 Å². The van der Waals surface area contributed by atoms with Crippen molar-refractivity contribution in [2.75, 3.05) is 12.4 Å². The van der Waals surface area contributed by atoms with Gasteiger partial charge in [-0.25, -0.2) is 0 Å². The summed E-state index contributed by atoms with van der Waals surface area (Å²) in [5.41, 5.74) is 6.56. The second-order valence-corrected chi connectivity index (χ2v) is 5.72. The van der Waals surface area contributed by atoms with E-state index in [0.717, 1.165) is 12.8 Å². The number of carbonyl (C=O) groups is 2. The molecule has 0 aromatic heterocycles. The molecule has 1 aromatic rings. The van der Waals surface area contributed by atoms with Gasteiger partial charge in [-0.3, -0.25) is 9.59 Å². The maximum absolute atomic E-state index is 12.3. The standard InChI is InChI=1S/C16H23N3O3/c1-10(17)3-8-15(20)19-14-7-6-12(22-2)9-13(14)16(21)18-11-4-5-11/h6-7,9-11H,3-5,8,17H2,1-2H3,(H,18,21)(H,19,20). The zero-order valence-electron chi connectivity index (χ0n) is 13.0. The van der Waals surface area contributed by atoms with Gasteiger partial charge >= 0.3 is 0 Å². The lowest BCUT2D eigenvalue weighted by Crippen LogP contribution is -2.27. The highest BCUT2D eigenvalue weighted by atomic mass is 16.5. The molecule has 0 bridgehead atoms. The van der Waals surface area contributed by atoms with E-state index in [0.29, 0.717) is 29.8 Å². The molecule has 2 rings (SSSR count). The predicted molar refractivity (Wildman–Crippen MR) is 85.0 cm³/mol. The zero-order valence-corrected chi connectivity index (χ0v) is 13.0. The Kier molecular flexibility index (Phi) is 5.38. The van der Waals surface area contributed by atoms with Crippen LogP contribution in [0.25, 0.3) is 0 Å². The van der Waals surface area contributed by atoms with Crippen LogP contribution in [0.15, 0.2) is 18.2 Å². The molecule has 0 saturated heterocycles. The summed E-state index contributed by atoms with van der Waals surface area (Å²) in [4.78, 5) is 24.2. The largest absolute Gasteiger partial charge is 0.497 e. The van der Waals surface area contributed by atoms with Gasteiger partial charge in [0.1, 0.15) is 5.75 Å². The molecule has 6 nitrogen and oxygen atoms in total. The molecule has 1 aliphatic rings. The number of methoxy groups -OCH3 is 1.